The summed E-state index contributed by atoms with van der Waals surface area (Å²) in [5.74, 6) is 2.54. The van der Waals surface area contributed by atoms with E-state index >= 15 is 0 Å². The summed E-state index contributed by atoms with van der Waals surface area (Å²) in [5, 5.41) is 12.4. The lowest BCUT2D eigenvalue weighted by atomic mass is 10.1. The first-order valence-electron chi connectivity index (χ1n) is 6.96. The van der Waals surface area contributed by atoms with E-state index in [4.69, 9.17) is 11.2 Å². The first kappa shape index (κ1) is 15.9. The Hall–Kier alpha value is -2.51. The molecule has 1 unspecified atom stereocenters. The van der Waals surface area contributed by atoms with Gasteiger partial charge in [0.15, 0.2) is 0 Å². The van der Waals surface area contributed by atoms with Crippen LogP contribution in [0, 0.1) is 18.2 Å². The fraction of sp³-hybridized carbons (Fsp3) is 0.222. The largest absolute Gasteiger partial charge is 0.479 e. The summed E-state index contributed by atoms with van der Waals surface area (Å²) in [6.45, 7) is 2.05. The van der Waals surface area contributed by atoms with Gasteiger partial charge in [0.2, 0.25) is 0 Å². The fourth-order valence-corrected chi connectivity index (χ4v) is 2.14. The van der Waals surface area contributed by atoms with Crippen LogP contribution < -0.4 is 10.1 Å². The maximum absolute atomic E-state index is 13.5. The molecule has 0 saturated carbocycles. The second-order valence-corrected chi connectivity index (χ2v) is 4.90. The van der Waals surface area contributed by atoms with Crippen LogP contribution in [0.2, 0.25) is 0 Å². The Balaban J connectivity index is 2.21. The Morgan fingerprint density at radius 2 is 2.14 bits per heavy atom. The van der Waals surface area contributed by atoms with Crippen molar-refractivity contribution in [3.05, 3.63) is 59.4 Å². The number of hydrogen-bond donors (Lipinski definition) is 2. The van der Waals surface area contributed by atoms with Crippen LogP contribution >= 0.6 is 0 Å². The molecule has 0 aromatic heterocycles. The molecule has 0 amide bonds. The highest BCUT2D eigenvalue weighted by Crippen LogP contribution is 2.29. The Morgan fingerprint density at radius 1 is 1.32 bits per heavy atom. The Kier molecular flexibility index (Phi) is 5.40. The monoisotopic (exact) mass is 299 g/mol. The zero-order chi connectivity index (χ0) is 15.9. The fourth-order valence-electron chi connectivity index (χ4n) is 2.14. The van der Waals surface area contributed by atoms with Gasteiger partial charge in [-0.05, 0) is 30.2 Å². The normalized spacial score (nSPS) is 11.5. The number of anilines is 1. The van der Waals surface area contributed by atoms with Crippen LogP contribution in [0.4, 0.5) is 10.1 Å². The van der Waals surface area contributed by atoms with E-state index in [0.717, 1.165) is 11.1 Å². The molecule has 0 aliphatic heterocycles. The quantitative estimate of drug-likeness (QED) is 0.802. The van der Waals surface area contributed by atoms with Gasteiger partial charge in [-0.2, -0.15) is 0 Å². The van der Waals surface area contributed by atoms with Crippen molar-refractivity contribution in [2.45, 2.75) is 19.6 Å². The smallest absolute Gasteiger partial charge is 0.148 e. The van der Waals surface area contributed by atoms with E-state index in [2.05, 4.69) is 11.2 Å². The maximum Gasteiger partial charge on any atom is 0.148 e. The number of hydrogen-bond acceptors (Lipinski definition) is 3. The van der Waals surface area contributed by atoms with E-state index in [9.17, 15) is 9.50 Å². The second-order valence-electron chi connectivity index (χ2n) is 4.90. The number of nitrogens with one attached hydrogen (secondary N) is 1. The molecule has 3 nitrogen and oxygen atoms in total. The zero-order valence-corrected chi connectivity index (χ0v) is 12.3. The van der Waals surface area contributed by atoms with Gasteiger partial charge in [-0.25, -0.2) is 4.39 Å². The van der Waals surface area contributed by atoms with Crippen molar-refractivity contribution in [1.82, 2.24) is 0 Å². The first-order valence-corrected chi connectivity index (χ1v) is 6.96. The Bertz CT molecular complexity index is 679. The summed E-state index contributed by atoms with van der Waals surface area (Å²) in [7, 11) is 0. The summed E-state index contributed by atoms with van der Waals surface area (Å²) < 4.78 is 18.9. The molecule has 0 fully saturated rings. The highest BCUT2D eigenvalue weighted by molar-refractivity contribution is 5.57. The van der Waals surface area contributed by atoms with Gasteiger partial charge in [0, 0.05) is 12.1 Å². The number of aliphatic hydroxyl groups is 1. The molecule has 2 N–H and O–H groups in total. The van der Waals surface area contributed by atoms with E-state index in [1.165, 1.54) is 12.1 Å². The molecule has 2 rings (SSSR count). The number of terminal acetylenes is 1. The molecule has 0 spiro atoms. The van der Waals surface area contributed by atoms with Crippen LogP contribution in [0.25, 0.3) is 0 Å². The molecular formula is C18H18FNO2. The van der Waals surface area contributed by atoms with Gasteiger partial charge < -0.3 is 15.2 Å². The van der Waals surface area contributed by atoms with Crippen LogP contribution in [-0.4, -0.2) is 11.7 Å². The third kappa shape index (κ3) is 4.00. The highest BCUT2D eigenvalue weighted by atomic mass is 19.1. The third-order valence-electron chi connectivity index (χ3n) is 3.26. The Morgan fingerprint density at radius 3 is 2.86 bits per heavy atom. The predicted molar refractivity (Wildman–Crippen MR) is 85.1 cm³/mol. The minimum atomic E-state index is -0.355. The van der Waals surface area contributed by atoms with E-state index in [-0.39, 0.29) is 25.1 Å². The lowest BCUT2D eigenvalue weighted by molar-refractivity contribution is 0.281. The van der Waals surface area contributed by atoms with Gasteiger partial charge in [0.1, 0.15) is 18.2 Å². The molecule has 4 heteroatoms. The van der Waals surface area contributed by atoms with Crippen LogP contribution in [0.3, 0.4) is 0 Å². The topological polar surface area (TPSA) is 41.5 Å². The predicted octanol–water partition coefficient (Wildman–Crippen LogP) is 3.50. The zero-order valence-electron chi connectivity index (χ0n) is 12.3. The molecule has 1 atom stereocenters. The van der Waals surface area contributed by atoms with Crippen LogP contribution in [0.5, 0.6) is 5.75 Å². The second kappa shape index (κ2) is 7.48. The van der Waals surface area contributed by atoms with Crippen molar-refractivity contribution in [2.75, 3.05) is 11.9 Å². The van der Waals surface area contributed by atoms with Gasteiger partial charge in [0.25, 0.3) is 0 Å². The van der Waals surface area contributed by atoms with E-state index in [0.29, 0.717) is 11.4 Å². The Labute approximate surface area is 129 Å². The van der Waals surface area contributed by atoms with Crippen molar-refractivity contribution in [1.29, 1.82) is 0 Å². The summed E-state index contributed by atoms with van der Waals surface area (Å²) in [6, 6.07) is 11.7. The molecule has 2 aromatic carbocycles. The number of halogens is 1. The van der Waals surface area contributed by atoms with Crippen molar-refractivity contribution in [3.8, 4) is 18.1 Å². The lowest BCUT2D eigenvalue weighted by Gasteiger charge is -2.19. The molecule has 0 bridgehead atoms. The first-order chi connectivity index (χ1) is 10.6. The number of aliphatic hydroxyl groups excluding tert-OH is 1. The van der Waals surface area contributed by atoms with Crippen molar-refractivity contribution < 1.29 is 14.2 Å². The summed E-state index contributed by atoms with van der Waals surface area (Å²) >= 11 is 0. The molecule has 0 aliphatic carbocycles. The molecule has 22 heavy (non-hydrogen) atoms. The maximum atomic E-state index is 13.5. The standard InChI is InChI=1S/C18H18FNO2/c1-3-9-22-18-8-7-16(19)11-17(18)20-13(2)15-6-4-5-14(10-15)12-21/h1,4-8,10-11,13,20-21H,9,12H2,2H3. The minimum absolute atomic E-state index is 0.0168. The van der Waals surface area contributed by atoms with Crippen molar-refractivity contribution in [2.24, 2.45) is 0 Å². The number of ether oxygens (including phenoxy) is 1. The van der Waals surface area contributed by atoms with E-state index in [1.807, 2.05) is 31.2 Å². The molecule has 2 aromatic rings. The van der Waals surface area contributed by atoms with Gasteiger partial charge in [-0.15, -0.1) is 6.42 Å². The SMILES string of the molecule is C#CCOc1ccc(F)cc1NC(C)c1cccc(CO)c1. The molecule has 0 saturated heterocycles. The highest BCUT2D eigenvalue weighted by Gasteiger charge is 2.11. The summed E-state index contributed by atoms with van der Waals surface area (Å²) in [5.41, 5.74) is 2.35. The van der Waals surface area contributed by atoms with Gasteiger partial charge in [-0.1, -0.05) is 30.2 Å². The average Bonchev–Trinajstić information content (AvgIpc) is 2.54. The van der Waals surface area contributed by atoms with E-state index < -0.39 is 0 Å². The number of rotatable bonds is 6. The average molecular weight is 299 g/mol. The summed E-state index contributed by atoms with van der Waals surface area (Å²) in [4.78, 5) is 0. The van der Waals surface area contributed by atoms with Crippen LogP contribution in [-0.2, 0) is 6.61 Å². The van der Waals surface area contributed by atoms with Gasteiger partial charge in [0.05, 0.1) is 12.3 Å². The minimum Gasteiger partial charge on any atom is -0.479 e. The number of benzene rings is 2. The van der Waals surface area contributed by atoms with Crippen molar-refractivity contribution in [3.63, 3.8) is 0 Å². The molecule has 0 heterocycles. The van der Waals surface area contributed by atoms with Gasteiger partial charge >= 0.3 is 0 Å². The third-order valence-corrected chi connectivity index (χ3v) is 3.26. The summed E-state index contributed by atoms with van der Waals surface area (Å²) in [6.07, 6.45) is 5.19. The van der Waals surface area contributed by atoms with Crippen molar-refractivity contribution >= 4 is 5.69 Å². The molecule has 0 aliphatic rings. The van der Waals surface area contributed by atoms with E-state index in [1.54, 1.807) is 6.07 Å². The molecule has 114 valence electrons. The van der Waals surface area contributed by atoms with Crippen LogP contribution in [0.15, 0.2) is 42.5 Å². The van der Waals surface area contributed by atoms with Gasteiger partial charge in [-0.3, -0.25) is 0 Å². The molecule has 0 radical (unpaired) electrons. The molecular weight excluding hydrogens is 281 g/mol. The van der Waals surface area contributed by atoms with Crippen LogP contribution in [0.1, 0.15) is 24.1 Å². The lowest BCUT2D eigenvalue weighted by Crippen LogP contribution is -2.09.